The molecule has 0 heterocycles. The molecule has 0 saturated heterocycles. The molecule has 0 saturated carbocycles. The molecule has 0 aliphatic heterocycles. The van der Waals surface area contributed by atoms with E-state index in [0.29, 0.717) is 0 Å². The maximum absolute atomic E-state index is 6.37. The summed E-state index contributed by atoms with van der Waals surface area (Å²) in [7, 11) is 0. The fourth-order valence-corrected chi connectivity index (χ4v) is 6.24. The summed E-state index contributed by atoms with van der Waals surface area (Å²) in [6.45, 7) is 13.4. The van der Waals surface area contributed by atoms with Crippen LogP contribution in [-0.2, 0) is 0 Å². The van der Waals surface area contributed by atoms with E-state index < -0.39 is 0 Å². The maximum atomic E-state index is 6.37. The number of nitrogen functional groups attached to an aromatic ring is 1. The summed E-state index contributed by atoms with van der Waals surface area (Å²) in [5.74, 6) is 0. The van der Waals surface area contributed by atoms with Crippen LogP contribution < -0.4 is 22.1 Å². The van der Waals surface area contributed by atoms with Gasteiger partial charge in [0, 0.05) is 17.3 Å². The Morgan fingerprint density at radius 1 is 0.632 bits per heavy atom. The van der Waals surface area contributed by atoms with Crippen molar-refractivity contribution in [2.75, 3.05) is 5.73 Å². The Bertz CT molecular complexity index is 1590. The van der Waals surface area contributed by atoms with Crippen molar-refractivity contribution < 1.29 is 0 Å². The van der Waals surface area contributed by atoms with Gasteiger partial charge in [0.15, 0.2) is 0 Å². The summed E-state index contributed by atoms with van der Waals surface area (Å²) >= 11 is 0. The van der Waals surface area contributed by atoms with Crippen LogP contribution in [0.4, 0.5) is 11.4 Å². The third kappa shape index (κ3) is 4.77. The van der Waals surface area contributed by atoms with Crippen molar-refractivity contribution in [3.8, 4) is 0 Å². The highest BCUT2D eigenvalue weighted by molar-refractivity contribution is 6.97. The molecule has 0 aromatic heterocycles. The van der Waals surface area contributed by atoms with Gasteiger partial charge in [0.1, 0.15) is 0 Å². The van der Waals surface area contributed by atoms with Crippen LogP contribution in [0.3, 0.4) is 0 Å². The second-order valence-electron chi connectivity index (χ2n) is 10.7. The monoisotopic (exact) mass is 494 g/mol. The van der Waals surface area contributed by atoms with Gasteiger partial charge in [-0.25, -0.2) is 0 Å². The van der Waals surface area contributed by atoms with Gasteiger partial charge in [0.05, 0.1) is 5.69 Å². The van der Waals surface area contributed by atoms with Gasteiger partial charge in [-0.05, 0) is 64.6 Å². The predicted octanol–water partition coefficient (Wildman–Crippen LogP) is 6.54. The first kappa shape index (κ1) is 25.5. The second kappa shape index (κ2) is 10.3. The summed E-state index contributed by atoms with van der Waals surface area (Å²) in [5.41, 5.74) is 21.0. The first-order valence-corrected chi connectivity index (χ1v) is 13.3. The van der Waals surface area contributed by atoms with Gasteiger partial charge in [-0.1, -0.05) is 123 Å². The van der Waals surface area contributed by atoms with Gasteiger partial charge in [-0.2, -0.15) is 0 Å². The summed E-state index contributed by atoms with van der Waals surface area (Å²) < 4.78 is 0. The van der Waals surface area contributed by atoms with Crippen LogP contribution in [0.5, 0.6) is 0 Å². The third-order valence-corrected chi connectivity index (χ3v) is 7.62. The molecule has 0 aliphatic carbocycles. The molecule has 5 rings (SSSR count). The topological polar surface area (TPSA) is 38.4 Å². The van der Waals surface area contributed by atoms with Crippen molar-refractivity contribution in [3.63, 3.8) is 0 Å². The van der Waals surface area contributed by atoms with Crippen molar-refractivity contribution in [3.05, 3.63) is 124 Å². The number of fused-ring (bicyclic) bond motifs is 1. The Kier molecular flexibility index (Phi) is 6.95. The zero-order valence-electron chi connectivity index (χ0n) is 23.3. The van der Waals surface area contributed by atoms with Crippen molar-refractivity contribution in [2.24, 2.45) is 4.99 Å². The molecular formula is C35H35BN2. The zero-order chi connectivity index (χ0) is 27.0. The standard InChI is InChI=1S/C35H35BN2/c1-22-17-24(3)34(25(4)18-22)36(35-26(5)19-23(2)20-27(35)6)30-14-8-7-11-29(30)21-38-32-16-10-13-28-12-9-15-31(37)33(28)32/h7-21H,37H2,1-6H3. The average Bonchev–Trinajstić information content (AvgIpc) is 2.86. The first-order valence-electron chi connectivity index (χ1n) is 13.3. The Hall–Kier alpha value is -4.11. The minimum absolute atomic E-state index is 0.0939. The van der Waals surface area contributed by atoms with Crippen LogP contribution in [0.15, 0.2) is 89.9 Å². The molecule has 0 bridgehead atoms. The lowest BCUT2D eigenvalue weighted by Gasteiger charge is -2.25. The minimum atomic E-state index is 0.0939. The Morgan fingerprint density at radius 2 is 1.16 bits per heavy atom. The van der Waals surface area contributed by atoms with Crippen LogP contribution in [0.1, 0.15) is 38.9 Å². The van der Waals surface area contributed by atoms with Crippen LogP contribution in [0.25, 0.3) is 10.8 Å². The minimum Gasteiger partial charge on any atom is -0.398 e. The normalized spacial score (nSPS) is 11.4. The number of hydrogen-bond donors (Lipinski definition) is 1. The van der Waals surface area contributed by atoms with Gasteiger partial charge in [0.25, 0.3) is 0 Å². The maximum Gasteiger partial charge on any atom is 0.243 e. The molecule has 2 nitrogen and oxygen atoms in total. The molecule has 0 aliphatic rings. The predicted molar refractivity (Wildman–Crippen MR) is 168 cm³/mol. The van der Waals surface area contributed by atoms with E-state index in [0.717, 1.165) is 27.7 Å². The smallest absolute Gasteiger partial charge is 0.243 e. The molecule has 0 atom stereocenters. The molecule has 2 N–H and O–H groups in total. The Morgan fingerprint density at radius 3 is 1.74 bits per heavy atom. The molecule has 0 spiro atoms. The molecule has 0 fully saturated rings. The Balaban J connectivity index is 1.74. The summed E-state index contributed by atoms with van der Waals surface area (Å²) in [6.07, 6.45) is 2.02. The molecule has 0 unspecified atom stereocenters. The van der Waals surface area contributed by atoms with Crippen LogP contribution in [0, 0.1) is 41.5 Å². The quantitative estimate of drug-likeness (QED) is 0.168. The van der Waals surface area contributed by atoms with E-state index in [4.69, 9.17) is 10.7 Å². The third-order valence-electron chi connectivity index (χ3n) is 7.62. The van der Waals surface area contributed by atoms with Crippen molar-refractivity contribution in [2.45, 2.75) is 41.5 Å². The van der Waals surface area contributed by atoms with Crippen LogP contribution >= 0.6 is 0 Å². The van der Waals surface area contributed by atoms with E-state index in [1.807, 2.05) is 30.5 Å². The fourth-order valence-electron chi connectivity index (χ4n) is 6.24. The van der Waals surface area contributed by atoms with Gasteiger partial charge in [-0.15, -0.1) is 0 Å². The summed E-state index contributed by atoms with van der Waals surface area (Å²) in [5, 5.41) is 2.10. The van der Waals surface area contributed by atoms with E-state index >= 15 is 0 Å². The fraction of sp³-hybridized carbons (Fsp3) is 0.171. The van der Waals surface area contributed by atoms with Gasteiger partial charge < -0.3 is 5.73 Å². The van der Waals surface area contributed by atoms with Gasteiger partial charge in [0.2, 0.25) is 6.71 Å². The zero-order valence-corrected chi connectivity index (χ0v) is 23.3. The highest BCUT2D eigenvalue weighted by atomic mass is 14.7. The lowest BCUT2D eigenvalue weighted by molar-refractivity contribution is 1.34. The van der Waals surface area contributed by atoms with E-state index in [9.17, 15) is 0 Å². The van der Waals surface area contributed by atoms with Crippen LogP contribution in [-0.4, -0.2) is 12.9 Å². The lowest BCUT2D eigenvalue weighted by Crippen LogP contribution is -2.56. The summed E-state index contributed by atoms with van der Waals surface area (Å²) in [6, 6.07) is 30.1. The van der Waals surface area contributed by atoms with E-state index in [2.05, 4.69) is 102 Å². The van der Waals surface area contributed by atoms with E-state index in [1.54, 1.807) is 0 Å². The summed E-state index contributed by atoms with van der Waals surface area (Å²) in [4.78, 5) is 5.01. The molecule has 0 radical (unpaired) electrons. The van der Waals surface area contributed by atoms with Gasteiger partial charge >= 0.3 is 0 Å². The number of nitrogens with zero attached hydrogens (tertiary/aromatic N) is 1. The second-order valence-corrected chi connectivity index (χ2v) is 10.7. The van der Waals surface area contributed by atoms with Gasteiger partial charge in [-0.3, -0.25) is 4.99 Å². The molecule has 0 amide bonds. The van der Waals surface area contributed by atoms with E-state index in [-0.39, 0.29) is 6.71 Å². The Labute approximate surface area is 227 Å². The highest BCUT2D eigenvalue weighted by Crippen LogP contribution is 2.30. The number of aliphatic imine (C=N–C) groups is 1. The number of hydrogen-bond acceptors (Lipinski definition) is 2. The van der Waals surface area contributed by atoms with Crippen LogP contribution in [0.2, 0.25) is 0 Å². The number of rotatable bonds is 5. The lowest BCUT2D eigenvalue weighted by atomic mass is 9.33. The van der Waals surface area contributed by atoms with Crippen molar-refractivity contribution >= 4 is 51.5 Å². The number of aryl methyl sites for hydroxylation is 6. The highest BCUT2D eigenvalue weighted by Gasteiger charge is 2.29. The van der Waals surface area contributed by atoms with Crippen molar-refractivity contribution in [1.29, 1.82) is 0 Å². The molecule has 3 heteroatoms. The number of anilines is 1. The molecule has 5 aromatic rings. The van der Waals surface area contributed by atoms with Crippen molar-refractivity contribution in [1.82, 2.24) is 0 Å². The SMILES string of the molecule is Cc1cc(C)c(B(c2ccccc2C=Nc2cccc3cccc(N)c23)c2c(C)cc(C)cc2C)c(C)c1. The largest absolute Gasteiger partial charge is 0.398 e. The molecular weight excluding hydrogens is 459 g/mol. The molecule has 38 heavy (non-hydrogen) atoms. The number of nitrogens with two attached hydrogens (primary N) is 1. The number of benzene rings is 5. The van der Waals surface area contributed by atoms with E-state index in [1.165, 1.54) is 49.8 Å². The average molecular weight is 494 g/mol. The molecule has 5 aromatic carbocycles. The first-order chi connectivity index (χ1) is 18.2. The molecule has 188 valence electrons.